The number of nitrogens with one attached hydrogen (secondary N) is 2. The van der Waals surface area contributed by atoms with Crippen LogP contribution in [0.3, 0.4) is 0 Å². The first kappa shape index (κ1) is 18.0. The first-order valence-corrected chi connectivity index (χ1v) is 7.66. The molecule has 0 radical (unpaired) electrons. The summed E-state index contributed by atoms with van der Waals surface area (Å²) in [7, 11) is 4.06. The van der Waals surface area contributed by atoms with Crippen molar-refractivity contribution in [2.75, 3.05) is 53.4 Å². The highest BCUT2D eigenvalue weighted by molar-refractivity contribution is 14.0. The summed E-state index contributed by atoms with van der Waals surface area (Å²) in [6.45, 7) is 7.17. The Morgan fingerprint density at radius 1 is 1.15 bits per heavy atom. The van der Waals surface area contributed by atoms with E-state index in [1.54, 1.807) is 0 Å². The van der Waals surface area contributed by atoms with E-state index in [0.717, 1.165) is 12.5 Å². The Morgan fingerprint density at radius 2 is 1.85 bits per heavy atom. The molecule has 5 nitrogen and oxygen atoms in total. The molecule has 0 aromatic rings. The molecule has 2 rings (SSSR count). The third kappa shape index (κ3) is 7.08. The number of hydrogen-bond donors (Lipinski definition) is 2. The van der Waals surface area contributed by atoms with Crippen LogP contribution in [0.15, 0.2) is 4.99 Å². The summed E-state index contributed by atoms with van der Waals surface area (Å²) in [5.74, 6) is 0.974. The van der Waals surface area contributed by atoms with Crippen molar-refractivity contribution < 1.29 is 0 Å². The molecule has 0 spiro atoms. The number of likely N-dealkylation sites (N-methyl/N-ethyl adjacent to an activating group) is 1. The molecule has 2 aliphatic rings. The van der Waals surface area contributed by atoms with Crippen LogP contribution < -0.4 is 10.6 Å². The lowest BCUT2D eigenvalue weighted by molar-refractivity contribution is 0.152. The molecule has 0 atom stereocenters. The van der Waals surface area contributed by atoms with Crippen molar-refractivity contribution in [3.63, 3.8) is 0 Å². The van der Waals surface area contributed by atoms with Crippen LogP contribution >= 0.6 is 24.0 Å². The molecule has 118 valence electrons. The van der Waals surface area contributed by atoms with Gasteiger partial charge in [0.1, 0.15) is 0 Å². The second-order valence-electron chi connectivity index (χ2n) is 5.77. The number of guanidine groups is 1. The van der Waals surface area contributed by atoms with Gasteiger partial charge in [-0.25, -0.2) is 0 Å². The predicted molar refractivity (Wildman–Crippen MR) is 96.1 cm³/mol. The van der Waals surface area contributed by atoms with Gasteiger partial charge in [0.15, 0.2) is 5.96 Å². The van der Waals surface area contributed by atoms with Crippen molar-refractivity contribution in [2.24, 2.45) is 4.99 Å². The maximum absolute atomic E-state index is 4.24. The van der Waals surface area contributed by atoms with Crippen LogP contribution in [0.4, 0.5) is 0 Å². The molecule has 2 N–H and O–H groups in total. The van der Waals surface area contributed by atoms with E-state index in [2.05, 4.69) is 32.5 Å². The molecule has 0 unspecified atom stereocenters. The molecule has 20 heavy (non-hydrogen) atoms. The van der Waals surface area contributed by atoms with E-state index in [9.17, 15) is 0 Å². The van der Waals surface area contributed by atoms with Crippen molar-refractivity contribution in [3.05, 3.63) is 0 Å². The maximum atomic E-state index is 4.24. The van der Waals surface area contributed by atoms with Gasteiger partial charge in [-0.15, -0.1) is 24.0 Å². The molecule has 1 heterocycles. The lowest BCUT2D eigenvalue weighted by Gasteiger charge is -2.32. The fraction of sp³-hybridized carbons (Fsp3) is 0.929. The van der Waals surface area contributed by atoms with Crippen LogP contribution in [-0.4, -0.2) is 75.2 Å². The summed E-state index contributed by atoms with van der Waals surface area (Å²) in [5, 5.41) is 6.81. The van der Waals surface area contributed by atoms with Crippen molar-refractivity contribution in [1.29, 1.82) is 0 Å². The number of rotatable bonds is 6. The number of unbranched alkanes of at least 4 members (excludes halogenated alkanes) is 1. The number of piperazine rings is 1. The SMILES string of the molecule is CN=C(NCCCCN1CCN(C)CC1)NC1CC1.I. The van der Waals surface area contributed by atoms with Crippen molar-refractivity contribution in [3.8, 4) is 0 Å². The summed E-state index contributed by atoms with van der Waals surface area (Å²) in [6, 6.07) is 0.677. The standard InChI is InChI=1S/C14H29N5.HI/c1-15-14(17-13-5-6-13)16-7-3-4-8-19-11-9-18(2)10-12-19;/h13H,3-12H2,1-2H3,(H2,15,16,17);1H. The van der Waals surface area contributed by atoms with E-state index in [1.165, 1.54) is 58.4 Å². The molecule has 1 aliphatic heterocycles. The van der Waals surface area contributed by atoms with E-state index in [-0.39, 0.29) is 24.0 Å². The fourth-order valence-corrected chi connectivity index (χ4v) is 2.35. The van der Waals surface area contributed by atoms with Crippen LogP contribution in [0.1, 0.15) is 25.7 Å². The second-order valence-corrected chi connectivity index (χ2v) is 5.77. The largest absolute Gasteiger partial charge is 0.356 e. The summed E-state index contributed by atoms with van der Waals surface area (Å²) in [4.78, 5) is 9.23. The van der Waals surface area contributed by atoms with Gasteiger partial charge in [-0.1, -0.05) is 0 Å². The van der Waals surface area contributed by atoms with Crippen molar-refractivity contribution in [2.45, 2.75) is 31.7 Å². The van der Waals surface area contributed by atoms with Crippen LogP contribution in [0.2, 0.25) is 0 Å². The van der Waals surface area contributed by atoms with Crippen LogP contribution in [-0.2, 0) is 0 Å². The van der Waals surface area contributed by atoms with E-state index in [4.69, 9.17) is 0 Å². The summed E-state index contributed by atoms with van der Waals surface area (Å²) < 4.78 is 0. The van der Waals surface area contributed by atoms with Gasteiger partial charge in [0.2, 0.25) is 0 Å². The Morgan fingerprint density at radius 3 is 2.45 bits per heavy atom. The lowest BCUT2D eigenvalue weighted by atomic mass is 10.2. The van der Waals surface area contributed by atoms with Crippen LogP contribution in [0.25, 0.3) is 0 Å². The molecule has 1 saturated heterocycles. The van der Waals surface area contributed by atoms with Gasteiger partial charge in [0.05, 0.1) is 0 Å². The van der Waals surface area contributed by atoms with Gasteiger partial charge < -0.3 is 20.4 Å². The first-order valence-electron chi connectivity index (χ1n) is 7.66. The van der Waals surface area contributed by atoms with E-state index < -0.39 is 0 Å². The molecular weight excluding hydrogens is 365 g/mol. The summed E-state index contributed by atoms with van der Waals surface area (Å²) in [6.07, 6.45) is 5.09. The highest BCUT2D eigenvalue weighted by Gasteiger charge is 2.21. The summed E-state index contributed by atoms with van der Waals surface area (Å²) >= 11 is 0. The predicted octanol–water partition coefficient (Wildman–Crippen LogP) is 0.959. The molecule has 1 aliphatic carbocycles. The molecule has 0 aromatic heterocycles. The zero-order valence-corrected chi connectivity index (χ0v) is 15.2. The number of hydrogen-bond acceptors (Lipinski definition) is 3. The van der Waals surface area contributed by atoms with Gasteiger partial charge in [-0.2, -0.15) is 0 Å². The Hall–Kier alpha value is -0.0800. The monoisotopic (exact) mass is 395 g/mol. The number of nitrogens with zero attached hydrogens (tertiary/aromatic N) is 3. The average molecular weight is 395 g/mol. The fourth-order valence-electron chi connectivity index (χ4n) is 2.35. The lowest BCUT2D eigenvalue weighted by Crippen LogP contribution is -2.44. The minimum absolute atomic E-state index is 0. The van der Waals surface area contributed by atoms with Gasteiger partial charge in [0, 0.05) is 45.8 Å². The molecule has 0 bridgehead atoms. The van der Waals surface area contributed by atoms with E-state index in [1.807, 2.05) is 7.05 Å². The zero-order chi connectivity index (χ0) is 13.5. The minimum Gasteiger partial charge on any atom is -0.356 e. The minimum atomic E-state index is 0. The van der Waals surface area contributed by atoms with E-state index >= 15 is 0 Å². The number of halogens is 1. The van der Waals surface area contributed by atoms with Crippen LogP contribution in [0, 0.1) is 0 Å². The number of aliphatic imine (C=N–C) groups is 1. The van der Waals surface area contributed by atoms with Crippen molar-refractivity contribution >= 4 is 29.9 Å². The van der Waals surface area contributed by atoms with Crippen LogP contribution in [0.5, 0.6) is 0 Å². The molecule has 0 amide bonds. The highest BCUT2D eigenvalue weighted by atomic mass is 127. The molecule has 1 saturated carbocycles. The molecule has 0 aromatic carbocycles. The second kappa shape index (κ2) is 9.78. The zero-order valence-electron chi connectivity index (χ0n) is 12.9. The summed E-state index contributed by atoms with van der Waals surface area (Å²) in [5.41, 5.74) is 0. The molecule has 2 fully saturated rings. The maximum Gasteiger partial charge on any atom is 0.191 e. The van der Waals surface area contributed by atoms with Gasteiger partial charge in [-0.05, 0) is 39.3 Å². The highest BCUT2D eigenvalue weighted by Crippen LogP contribution is 2.18. The van der Waals surface area contributed by atoms with Gasteiger partial charge in [0.25, 0.3) is 0 Å². The third-order valence-corrected chi connectivity index (χ3v) is 3.93. The Kier molecular flexibility index (Phi) is 8.79. The topological polar surface area (TPSA) is 42.9 Å². The first-order chi connectivity index (χ1) is 9.28. The molecular formula is C14H30IN5. The third-order valence-electron chi connectivity index (χ3n) is 3.93. The van der Waals surface area contributed by atoms with Crippen molar-refractivity contribution in [1.82, 2.24) is 20.4 Å². The van der Waals surface area contributed by atoms with E-state index in [0.29, 0.717) is 6.04 Å². The quantitative estimate of drug-likeness (QED) is 0.304. The molecule has 6 heteroatoms. The Balaban J connectivity index is 0.00000200. The normalized spacial score (nSPS) is 21.4. The Labute approximate surface area is 140 Å². The van der Waals surface area contributed by atoms with Gasteiger partial charge >= 0.3 is 0 Å². The smallest absolute Gasteiger partial charge is 0.191 e. The average Bonchev–Trinajstić information content (AvgIpc) is 3.23. The Bertz CT molecular complexity index is 285. The van der Waals surface area contributed by atoms with Gasteiger partial charge in [-0.3, -0.25) is 4.99 Å².